The molecular formula is C20H15ClF2N2O4S. The Hall–Kier alpha value is -3.17. The number of hydrogen-bond donors (Lipinski definition) is 2. The zero-order valence-corrected chi connectivity index (χ0v) is 17.0. The van der Waals surface area contributed by atoms with Crippen molar-refractivity contribution < 1.29 is 26.7 Å². The summed E-state index contributed by atoms with van der Waals surface area (Å²) in [5.41, 5.74) is -0.0109. The summed E-state index contributed by atoms with van der Waals surface area (Å²) in [6.45, 7) is 0. The minimum absolute atomic E-state index is 0.0272. The molecule has 2 N–H and O–H groups in total. The van der Waals surface area contributed by atoms with E-state index in [9.17, 15) is 22.0 Å². The Labute approximate surface area is 176 Å². The quantitative estimate of drug-likeness (QED) is 0.568. The van der Waals surface area contributed by atoms with Gasteiger partial charge in [0.25, 0.3) is 15.9 Å². The average Bonchev–Trinajstić information content (AvgIpc) is 2.67. The van der Waals surface area contributed by atoms with Crippen LogP contribution in [-0.2, 0) is 10.0 Å². The van der Waals surface area contributed by atoms with Crippen molar-refractivity contribution in [3.63, 3.8) is 0 Å². The van der Waals surface area contributed by atoms with Crippen molar-refractivity contribution >= 4 is 38.9 Å². The average molecular weight is 453 g/mol. The molecule has 3 aromatic rings. The van der Waals surface area contributed by atoms with Crippen molar-refractivity contribution in [2.24, 2.45) is 0 Å². The first kappa shape index (κ1) is 21.5. The van der Waals surface area contributed by atoms with Crippen molar-refractivity contribution in [3.05, 3.63) is 82.9 Å². The molecule has 0 aromatic heterocycles. The fourth-order valence-electron chi connectivity index (χ4n) is 2.60. The molecule has 0 unspecified atom stereocenters. The minimum Gasteiger partial charge on any atom is -0.495 e. The summed E-state index contributed by atoms with van der Waals surface area (Å²) in [5.74, 6) is -2.20. The van der Waals surface area contributed by atoms with E-state index in [2.05, 4.69) is 10.0 Å². The second-order valence-electron chi connectivity index (χ2n) is 6.09. The summed E-state index contributed by atoms with van der Waals surface area (Å²) in [7, 11) is -2.72. The molecule has 0 atom stereocenters. The van der Waals surface area contributed by atoms with Gasteiger partial charge in [-0.15, -0.1) is 0 Å². The summed E-state index contributed by atoms with van der Waals surface area (Å²) in [4.78, 5) is 12.2. The maximum absolute atomic E-state index is 13.3. The van der Waals surface area contributed by atoms with Gasteiger partial charge in [0.05, 0.1) is 17.7 Å². The van der Waals surface area contributed by atoms with Crippen molar-refractivity contribution in [2.75, 3.05) is 17.1 Å². The molecule has 3 rings (SSSR count). The zero-order chi connectivity index (χ0) is 21.9. The monoisotopic (exact) mass is 452 g/mol. The summed E-state index contributed by atoms with van der Waals surface area (Å²) < 4.78 is 59.6. The number of halogens is 3. The van der Waals surface area contributed by atoms with E-state index in [1.165, 1.54) is 37.4 Å². The lowest BCUT2D eigenvalue weighted by atomic mass is 10.2. The van der Waals surface area contributed by atoms with Gasteiger partial charge in [-0.25, -0.2) is 17.2 Å². The minimum atomic E-state index is -4.09. The van der Waals surface area contributed by atoms with E-state index >= 15 is 0 Å². The first-order valence-corrected chi connectivity index (χ1v) is 10.3. The van der Waals surface area contributed by atoms with E-state index in [0.29, 0.717) is 11.1 Å². The van der Waals surface area contributed by atoms with Gasteiger partial charge in [0.2, 0.25) is 0 Å². The number of nitrogens with one attached hydrogen (secondary N) is 2. The molecule has 0 aliphatic rings. The third-order valence-corrected chi connectivity index (χ3v) is 5.53. The Morgan fingerprint density at radius 1 is 1.00 bits per heavy atom. The Morgan fingerprint density at radius 2 is 1.70 bits per heavy atom. The molecule has 0 aliphatic heterocycles. The first-order valence-electron chi connectivity index (χ1n) is 8.42. The van der Waals surface area contributed by atoms with Gasteiger partial charge in [-0.3, -0.25) is 9.52 Å². The maximum Gasteiger partial charge on any atom is 0.262 e. The van der Waals surface area contributed by atoms with Crippen molar-refractivity contribution in [3.8, 4) is 5.75 Å². The highest BCUT2D eigenvalue weighted by atomic mass is 35.5. The van der Waals surface area contributed by atoms with E-state index in [0.717, 1.165) is 18.2 Å². The van der Waals surface area contributed by atoms with E-state index in [4.69, 9.17) is 16.3 Å². The Morgan fingerprint density at radius 3 is 2.37 bits per heavy atom. The van der Waals surface area contributed by atoms with Crippen molar-refractivity contribution in [1.29, 1.82) is 0 Å². The SMILES string of the molecule is COc1ccc(Cl)cc1NS(=O)(=O)c1cccc(C(=O)Nc2cc(F)cc(F)c2)c1. The number of amides is 1. The summed E-state index contributed by atoms with van der Waals surface area (Å²) in [6, 6.07) is 12.1. The Balaban J connectivity index is 1.87. The number of carbonyl (C=O) groups is 1. The summed E-state index contributed by atoms with van der Waals surface area (Å²) >= 11 is 5.92. The standard InChI is InChI=1S/C20H15ClF2N2O4S/c1-29-19-6-5-13(21)8-18(19)25-30(27,28)17-4-2-3-12(7-17)20(26)24-16-10-14(22)9-15(23)11-16/h2-11,25H,1H3,(H,24,26). The molecule has 3 aromatic carbocycles. The largest absolute Gasteiger partial charge is 0.495 e. The lowest BCUT2D eigenvalue weighted by Crippen LogP contribution is -2.16. The van der Waals surface area contributed by atoms with Crippen molar-refractivity contribution in [2.45, 2.75) is 4.90 Å². The molecule has 6 nitrogen and oxygen atoms in total. The topological polar surface area (TPSA) is 84.5 Å². The number of sulfonamides is 1. The zero-order valence-electron chi connectivity index (χ0n) is 15.4. The van der Waals surface area contributed by atoms with Gasteiger partial charge in [0, 0.05) is 22.3 Å². The van der Waals surface area contributed by atoms with Crippen LogP contribution in [0.2, 0.25) is 5.02 Å². The fourth-order valence-corrected chi connectivity index (χ4v) is 3.88. The molecule has 0 saturated heterocycles. The molecule has 0 spiro atoms. The molecule has 10 heteroatoms. The summed E-state index contributed by atoms with van der Waals surface area (Å²) in [5, 5.41) is 2.62. The Bertz CT molecular complexity index is 1200. The number of carbonyl (C=O) groups excluding carboxylic acids is 1. The van der Waals surface area contributed by atoms with Gasteiger partial charge in [0.15, 0.2) is 0 Å². The van der Waals surface area contributed by atoms with E-state index < -0.39 is 27.6 Å². The third-order valence-electron chi connectivity index (χ3n) is 3.93. The predicted octanol–water partition coefficient (Wildman–Crippen LogP) is 4.68. The number of anilines is 2. The highest BCUT2D eigenvalue weighted by Gasteiger charge is 2.19. The van der Waals surface area contributed by atoms with Gasteiger partial charge >= 0.3 is 0 Å². The first-order chi connectivity index (χ1) is 14.2. The lowest BCUT2D eigenvalue weighted by Gasteiger charge is -2.13. The number of hydrogen-bond acceptors (Lipinski definition) is 4. The van der Waals surface area contributed by atoms with Crippen LogP contribution < -0.4 is 14.8 Å². The second-order valence-corrected chi connectivity index (χ2v) is 8.21. The second kappa shape index (κ2) is 8.68. The molecule has 1 amide bonds. The van der Waals surface area contributed by atoms with E-state index in [1.54, 1.807) is 6.07 Å². The van der Waals surface area contributed by atoms with E-state index in [1.807, 2.05) is 0 Å². The van der Waals surface area contributed by atoms with Crippen LogP contribution in [0.1, 0.15) is 10.4 Å². The van der Waals surface area contributed by atoms with Crippen LogP contribution in [0.4, 0.5) is 20.2 Å². The van der Waals surface area contributed by atoms with Crippen LogP contribution in [0, 0.1) is 11.6 Å². The van der Waals surface area contributed by atoms with Gasteiger partial charge in [-0.2, -0.15) is 0 Å². The van der Waals surface area contributed by atoms with Crippen LogP contribution >= 0.6 is 11.6 Å². The van der Waals surface area contributed by atoms with Crippen LogP contribution in [0.15, 0.2) is 65.6 Å². The molecule has 0 radical (unpaired) electrons. The molecular weight excluding hydrogens is 438 g/mol. The van der Waals surface area contributed by atoms with Crippen LogP contribution in [0.25, 0.3) is 0 Å². The van der Waals surface area contributed by atoms with Crippen LogP contribution in [0.3, 0.4) is 0 Å². The maximum atomic E-state index is 13.3. The molecule has 0 fully saturated rings. The van der Waals surface area contributed by atoms with Gasteiger partial charge < -0.3 is 10.1 Å². The normalized spacial score (nSPS) is 11.1. The number of benzene rings is 3. The van der Waals surface area contributed by atoms with Gasteiger partial charge in [-0.1, -0.05) is 17.7 Å². The number of ether oxygens (including phenoxy) is 1. The predicted molar refractivity (Wildman–Crippen MR) is 110 cm³/mol. The molecule has 0 aliphatic carbocycles. The lowest BCUT2D eigenvalue weighted by molar-refractivity contribution is 0.102. The van der Waals surface area contributed by atoms with Crippen LogP contribution in [-0.4, -0.2) is 21.4 Å². The highest BCUT2D eigenvalue weighted by molar-refractivity contribution is 7.92. The summed E-state index contributed by atoms with van der Waals surface area (Å²) in [6.07, 6.45) is 0. The third kappa shape index (κ3) is 5.05. The van der Waals surface area contributed by atoms with E-state index in [-0.39, 0.29) is 27.6 Å². The number of rotatable bonds is 6. The Kier molecular flexibility index (Phi) is 6.23. The molecule has 0 saturated carbocycles. The molecule has 0 bridgehead atoms. The number of methoxy groups -OCH3 is 1. The van der Waals surface area contributed by atoms with Crippen LogP contribution in [0.5, 0.6) is 5.75 Å². The molecule has 156 valence electrons. The highest BCUT2D eigenvalue weighted by Crippen LogP contribution is 2.30. The smallest absolute Gasteiger partial charge is 0.262 e. The fraction of sp³-hybridized carbons (Fsp3) is 0.0500. The molecule has 0 heterocycles. The van der Waals surface area contributed by atoms with Gasteiger partial charge in [-0.05, 0) is 48.5 Å². The molecule has 30 heavy (non-hydrogen) atoms. The van der Waals surface area contributed by atoms with Crippen molar-refractivity contribution in [1.82, 2.24) is 0 Å². The van der Waals surface area contributed by atoms with Gasteiger partial charge in [0.1, 0.15) is 17.4 Å².